The third kappa shape index (κ3) is 6.09. The van der Waals surface area contributed by atoms with Gasteiger partial charge in [-0.1, -0.05) is 57.5 Å². The third-order valence-electron chi connectivity index (χ3n) is 7.13. The minimum absolute atomic E-state index is 0.134. The molecule has 1 saturated heterocycles. The first-order valence-corrected chi connectivity index (χ1v) is 12.0. The van der Waals surface area contributed by atoms with Gasteiger partial charge >= 0.3 is 5.97 Å². The van der Waals surface area contributed by atoms with Crippen LogP contribution in [0.2, 0.25) is 0 Å². The summed E-state index contributed by atoms with van der Waals surface area (Å²) in [6.45, 7) is 9.79. The summed E-state index contributed by atoms with van der Waals surface area (Å²) in [4.78, 5) is 13.4. The van der Waals surface area contributed by atoms with Gasteiger partial charge in [0.1, 0.15) is 6.10 Å². The number of carbonyl (C=O) groups excluding carboxylic acids is 1. The minimum Gasteiger partial charge on any atom is -0.460 e. The smallest absolute Gasteiger partial charge is 0.343 e. The zero-order valence-corrected chi connectivity index (χ0v) is 19.6. The van der Waals surface area contributed by atoms with Crippen molar-refractivity contribution < 1.29 is 24.1 Å². The van der Waals surface area contributed by atoms with Crippen molar-refractivity contribution in [1.82, 2.24) is 0 Å². The lowest BCUT2D eigenvalue weighted by atomic mass is 9.75. The molecule has 31 heavy (non-hydrogen) atoms. The molecule has 1 heterocycles. The molecule has 1 aliphatic carbocycles. The van der Waals surface area contributed by atoms with E-state index >= 15 is 0 Å². The Labute approximate surface area is 187 Å². The lowest BCUT2D eigenvalue weighted by molar-refractivity contribution is -0.180. The van der Waals surface area contributed by atoms with Crippen LogP contribution in [0.25, 0.3) is 0 Å². The molecule has 0 spiro atoms. The molecule has 1 aliphatic heterocycles. The van der Waals surface area contributed by atoms with Gasteiger partial charge in [0.05, 0.1) is 13.2 Å². The first-order valence-electron chi connectivity index (χ1n) is 12.0. The summed E-state index contributed by atoms with van der Waals surface area (Å²) in [5.74, 6) is 0.264. The molecule has 1 aromatic rings. The molecule has 1 saturated carbocycles. The second-order valence-electron chi connectivity index (χ2n) is 10.0. The van der Waals surface area contributed by atoms with Crippen molar-refractivity contribution in [2.75, 3.05) is 13.2 Å². The van der Waals surface area contributed by atoms with Gasteiger partial charge in [0.25, 0.3) is 0 Å². The number of rotatable bonds is 9. The van der Waals surface area contributed by atoms with Crippen LogP contribution in [0.3, 0.4) is 0 Å². The van der Waals surface area contributed by atoms with Gasteiger partial charge in [-0.2, -0.15) is 0 Å². The number of unbranched alkanes of at least 4 members (excludes halogenated alkanes) is 1. The topological polar surface area (TPSA) is 65.0 Å². The van der Waals surface area contributed by atoms with Crippen LogP contribution in [-0.2, 0) is 24.6 Å². The highest BCUT2D eigenvalue weighted by molar-refractivity contribution is 5.81. The van der Waals surface area contributed by atoms with E-state index < -0.39 is 17.4 Å². The molecule has 0 unspecified atom stereocenters. The zero-order valence-electron chi connectivity index (χ0n) is 19.6. The maximum absolute atomic E-state index is 13.4. The molecule has 2 aliphatic rings. The molecule has 4 atom stereocenters. The van der Waals surface area contributed by atoms with Crippen molar-refractivity contribution in [3.8, 4) is 0 Å². The molecule has 5 nitrogen and oxygen atoms in total. The molecule has 1 N–H and O–H groups in total. The van der Waals surface area contributed by atoms with Crippen molar-refractivity contribution in [3.05, 3.63) is 35.9 Å². The van der Waals surface area contributed by atoms with Gasteiger partial charge in [-0.3, -0.25) is 0 Å². The Hall–Kier alpha value is -1.43. The number of ether oxygens (including phenoxy) is 3. The van der Waals surface area contributed by atoms with E-state index in [4.69, 9.17) is 14.2 Å². The Morgan fingerprint density at radius 3 is 2.52 bits per heavy atom. The molecule has 5 heteroatoms. The summed E-state index contributed by atoms with van der Waals surface area (Å²) in [6.07, 6.45) is 5.51. The Balaban J connectivity index is 1.69. The highest BCUT2D eigenvalue weighted by Crippen LogP contribution is 2.38. The highest BCUT2D eigenvalue weighted by atomic mass is 16.7. The quantitative estimate of drug-likeness (QED) is 0.429. The number of esters is 1. The molecule has 2 fully saturated rings. The molecule has 1 aromatic carbocycles. The van der Waals surface area contributed by atoms with Gasteiger partial charge in [-0.05, 0) is 62.3 Å². The number of hydrogen-bond acceptors (Lipinski definition) is 5. The largest absolute Gasteiger partial charge is 0.460 e. The van der Waals surface area contributed by atoms with Gasteiger partial charge in [0.15, 0.2) is 11.4 Å². The van der Waals surface area contributed by atoms with Crippen LogP contribution in [0, 0.1) is 17.8 Å². The van der Waals surface area contributed by atoms with E-state index in [0.717, 1.165) is 25.7 Å². The SMILES string of the molecule is CC(C)[C@@H]1CC[C@@H](C)C[C@H]1OC(=O)[C@@](O)(CCCCC1(C)OCCO1)c1ccccc1. The molecular formula is C26H40O5. The van der Waals surface area contributed by atoms with Gasteiger partial charge in [-0.25, -0.2) is 4.79 Å². The van der Waals surface area contributed by atoms with Crippen LogP contribution in [-0.4, -0.2) is 36.2 Å². The minimum atomic E-state index is -1.64. The van der Waals surface area contributed by atoms with Crippen molar-refractivity contribution in [3.63, 3.8) is 0 Å². The third-order valence-corrected chi connectivity index (χ3v) is 7.13. The van der Waals surface area contributed by atoms with E-state index in [1.165, 1.54) is 6.42 Å². The Bertz CT molecular complexity index is 697. The van der Waals surface area contributed by atoms with Crippen LogP contribution in [0.5, 0.6) is 0 Å². The second kappa shape index (κ2) is 10.5. The van der Waals surface area contributed by atoms with E-state index in [1.54, 1.807) is 0 Å². The first kappa shape index (κ1) is 24.2. The summed E-state index contributed by atoms with van der Waals surface area (Å²) in [5, 5.41) is 11.6. The lowest BCUT2D eigenvalue weighted by Gasteiger charge is -2.38. The molecule has 0 radical (unpaired) electrons. The van der Waals surface area contributed by atoms with Gasteiger partial charge in [0, 0.05) is 6.42 Å². The van der Waals surface area contributed by atoms with Crippen LogP contribution < -0.4 is 0 Å². The first-order chi connectivity index (χ1) is 14.7. The van der Waals surface area contributed by atoms with Crippen LogP contribution >= 0.6 is 0 Å². The lowest BCUT2D eigenvalue weighted by Crippen LogP contribution is -2.43. The average molecular weight is 433 g/mol. The van der Waals surface area contributed by atoms with E-state index in [9.17, 15) is 9.90 Å². The standard InChI is InChI=1S/C26H40O5/c1-19(2)22-13-12-20(3)18-23(22)31-24(27)26(28,21-10-6-5-7-11-21)15-9-8-14-25(4)29-16-17-30-25/h5-7,10-11,19-20,22-23,28H,8-9,12-18H2,1-4H3/t20-,22+,23-,26-/m1/s1. The van der Waals surface area contributed by atoms with Crippen molar-refractivity contribution >= 4 is 5.97 Å². The predicted octanol–water partition coefficient (Wildman–Crippen LogP) is 5.20. The van der Waals surface area contributed by atoms with E-state index in [-0.39, 0.29) is 6.10 Å². The van der Waals surface area contributed by atoms with Crippen LogP contribution in [0.4, 0.5) is 0 Å². The molecule has 174 valence electrons. The van der Waals surface area contributed by atoms with E-state index in [0.29, 0.717) is 49.4 Å². The summed E-state index contributed by atoms with van der Waals surface area (Å²) in [7, 11) is 0. The molecule has 3 rings (SSSR count). The van der Waals surface area contributed by atoms with Crippen molar-refractivity contribution in [2.24, 2.45) is 17.8 Å². The maximum Gasteiger partial charge on any atom is 0.343 e. The zero-order chi connectivity index (χ0) is 22.5. The fraction of sp³-hybridized carbons (Fsp3) is 0.731. The second-order valence-corrected chi connectivity index (χ2v) is 10.0. The summed E-state index contributed by atoms with van der Waals surface area (Å²) < 4.78 is 17.4. The van der Waals surface area contributed by atoms with Crippen molar-refractivity contribution in [1.29, 1.82) is 0 Å². The highest BCUT2D eigenvalue weighted by Gasteiger charge is 2.43. The normalized spacial score (nSPS) is 27.7. The number of benzene rings is 1. The molecule has 0 aromatic heterocycles. The summed E-state index contributed by atoms with van der Waals surface area (Å²) in [5.41, 5.74) is -1.04. The fourth-order valence-electron chi connectivity index (χ4n) is 5.09. The number of hydrogen-bond donors (Lipinski definition) is 1. The fourth-order valence-corrected chi connectivity index (χ4v) is 5.09. The summed E-state index contributed by atoms with van der Waals surface area (Å²) >= 11 is 0. The summed E-state index contributed by atoms with van der Waals surface area (Å²) in [6, 6.07) is 9.23. The average Bonchev–Trinajstić information content (AvgIpc) is 3.18. The molecular weight excluding hydrogens is 392 g/mol. The maximum atomic E-state index is 13.4. The monoisotopic (exact) mass is 432 g/mol. The number of aliphatic hydroxyl groups is 1. The van der Waals surface area contributed by atoms with Crippen LogP contribution in [0.15, 0.2) is 30.3 Å². The van der Waals surface area contributed by atoms with Gasteiger partial charge < -0.3 is 19.3 Å². The number of carbonyl (C=O) groups is 1. The molecule has 0 amide bonds. The molecule has 0 bridgehead atoms. The Morgan fingerprint density at radius 1 is 1.19 bits per heavy atom. The van der Waals surface area contributed by atoms with Crippen molar-refractivity contribution in [2.45, 2.75) is 90.1 Å². The van der Waals surface area contributed by atoms with Crippen LogP contribution in [0.1, 0.15) is 78.2 Å². The van der Waals surface area contributed by atoms with E-state index in [1.807, 2.05) is 37.3 Å². The predicted molar refractivity (Wildman–Crippen MR) is 120 cm³/mol. The Kier molecular flexibility index (Phi) is 8.17. The van der Waals surface area contributed by atoms with E-state index in [2.05, 4.69) is 20.8 Å². The Morgan fingerprint density at radius 2 is 1.87 bits per heavy atom. The van der Waals surface area contributed by atoms with Gasteiger partial charge in [0.2, 0.25) is 0 Å². The van der Waals surface area contributed by atoms with Gasteiger partial charge in [-0.15, -0.1) is 0 Å².